The first-order chi connectivity index (χ1) is 6.58. The van der Waals surface area contributed by atoms with Gasteiger partial charge in [0.25, 0.3) is 0 Å². The molecule has 0 aliphatic carbocycles. The molecule has 0 atom stereocenters. The molecule has 0 aliphatic rings. The van der Waals surface area contributed by atoms with Gasteiger partial charge in [-0.2, -0.15) is 0 Å². The number of sulfonamides is 1. The van der Waals surface area contributed by atoms with E-state index in [4.69, 9.17) is 10.0 Å². The first kappa shape index (κ1) is 13.1. The Hall–Kier alpha value is -0.885. The van der Waals surface area contributed by atoms with Crippen molar-refractivity contribution in [1.29, 1.82) is 0 Å². The van der Waals surface area contributed by atoms with Crippen molar-refractivity contribution >= 4 is 17.7 Å². The molecule has 1 aromatic rings. The van der Waals surface area contributed by atoms with Crippen molar-refractivity contribution in [3.05, 3.63) is 30.3 Å². The number of rotatable bonds is 2. The zero-order valence-corrected chi connectivity index (χ0v) is 8.53. The Morgan fingerprint density at radius 1 is 1.21 bits per heavy atom. The molecule has 0 amide bonds. The summed E-state index contributed by atoms with van der Waals surface area (Å²) in [5.74, 6) is 0. The third kappa shape index (κ3) is 4.38. The van der Waals surface area contributed by atoms with Crippen LogP contribution in [0.1, 0.15) is 0 Å². The fourth-order valence-electron chi connectivity index (χ4n) is 0.717. The van der Waals surface area contributed by atoms with E-state index in [0.717, 1.165) is 0 Å². The molecule has 0 aromatic heterocycles. The van der Waals surface area contributed by atoms with Gasteiger partial charge in [-0.25, -0.2) is 13.1 Å². The van der Waals surface area contributed by atoms with Gasteiger partial charge in [0.15, 0.2) is 0 Å². The summed E-state index contributed by atoms with van der Waals surface area (Å²) in [6.45, 7) is 0. The Labute approximate surface area is 83.8 Å². The predicted octanol–water partition coefficient (Wildman–Crippen LogP) is -1.17. The summed E-state index contributed by atoms with van der Waals surface area (Å²) in [6, 6.07) is 8.24. The minimum absolute atomic E-state index is 0.294. The van der Waals surface area contributed by atoms with Crippen molar-refractivity contribution in [2.24, 2.45) is 0 Å². The van der Waals surface area contributed by atoms with Crippen molar-refractivity contribution in [1.82, 2.24) is 4.72 Å². The van der Waals surface area contributed by atoms with E-state index in [9.17, 15) is 8.42 Å². The molecule has 0 saturated heterocycles. The molecule has 0 saturated carbocycles. The van der Waals surface area contributed by atoms with Crippen LogP contribution < -0.4 is 4.72 Å². The van der Waals surface area contributed by atoms with Crippen molar-refractivity contribution in [3.8, 4) is 0 Å². The van der Waals surface area contributed by atoms with Crippen molar-refractivity contribution in [3.63, 3.8) is 0 Å². The molecular formula is C7H12BNO4S. The van der Waals surface area contributed by atoms with Crippen LogP contribution in [0.4, 0.5) is 0 Å². The topological polar surface area (TPSA) is 86.6 Å². The highest BCUT2D eigenvalue weighted by Gasteiger charge is 2.08. The van der Waals surface area contributed by atoms with Crippen LogP contribution in [-0.4, -0.2) is 33.2 Å². The summed E-state index contributed by atoms with van der Waals surface area (Å²) < 4.78 is 24.4. The lowest BCUT2D eigenvalue weighted by Gasteiger charge is -1.99. The lowest BCUT2D eigenvalue weighted by atomic mass is 10.4. The Kier molecular flexibility index (Phi) is 6.14. The molecule has 0 spiro atoms. The summed E-state index contributed by atoms with van der Waals surface area (Å²) in [6.07, 6.45) is 0. The van der Waals surface area contributed by atoms with E-state index in [2.05, 4.69) is 4.72 Å². The highest BCUT2D eigenvalue weighted by molar-refractivity contribution is 7.89. The van der Waals surface area contributed by atoms with Crippen LogP contribution in [0.5, 0.6) is 0 Å². The van der Waals surface area contributed by atoms with Crippen LogP contribution >= 0.6 is 0 Å². The van der Waals surface area contributed by atoms with Gasteiger partial charge in [0.2, 0.25) is 10.0 Å². The number of nitrogens with one attached hydrogen (secondary N) is 1. The van der Waals surface area contributed by atoms with Crippen LogP contribution in [0, 0.1) is 0 Å². The first-order valence-electron chi connectivity index (χ1n) is 3.78. The van der Waals surface area contributed by atoms with E-state index in [1.54, 1.807) is 30.3 Å². The van der Waals surface area contributed by atoms with Gasteiger partial charge in [0, 0.05) is 0 Å². The van der Waals surface area contributed by atoms with E-state index in [1.165, 1.54) is 7.05 Å². The quantitative estimate of drug-likeness (QED) is 0.545. The maximum absolute atomic E-state index is 11.1. The van der Waals surface area contributed by atoms with E-state index in [1.807, 2.05) is 0 Å². The molecule has 0 bridgehead atoms. The van der Waals surface area contributed by atoms with Gasteiger partial charge < -0.3 is 10.0 Å². The van der Waals surface area contributed by atoms with Crippen LogP contribution in [0.25, 0.3) is 0 Å². The molecule has 5 nitrogen and oxygen atoms in total. The minimum atomic E-state index is -3.25. The van der Waals surface area contributed by atoms with Gasteiger partial charge in [-0.1, -0.05) is 18.2 Å². The van der Waals surface area contributed by atoms with Crippen LogP contribution in [0.15, 0.2) is 35.2 Å². The van der Waals surface area contributed by atoms with E-state index in [-0.39, 0.29) is 0 Å². The van der Waals surface area contributed by atoms with Gasteiger partial charge in [-0.05, 0) is 19.2 Å². The third-order valence-corrected chi connectivity index (χ3v) is 2.75. The van der Waals surface area contributed by atoms with Crippen LogP contribution in [0.3, 0.4) is 0 Å². The smallest absolute Gasteiger partial charge is 0.430 e. The fraction of sp³-hybridized carbons (Fsp3) is 0.143. The number of benzene rings is 1. The maximum Gasteiger partial charge on any atom is 0.432 e. The summed E-state index contributed by atoms with van der Waals surface area (Å²) in [4.78, 5) is 0.294. The normalized spacial score (nSPS) is 9.93. The molecule has 0 unspecified atom stereocenters. The number of hydrogen-bond acceptors (Lipinski definition) is 4. The molecule has 0 aliphatic heterocycles. The molecule has 0 radical (unpaired) electrons. The monoisotopic (exact) mass is 217 g/mol. The lowest BCUT2D eigenvalue weighted by Crippen LogP contribution is -2.18. The van der Waals surface area contributed by atoms with E-state index < -0.39 is 17.7 Å². The molecule has 1 aromatic carbocycles. The van der Waals surface area contributed by atoms with Crippen molar-refractivity contribution < 1.29 is 18.5 Å². The largest absolute Gasteiger partial charge is 0.432 e. The second-order valence-corrected chi connectivity index (χ2v) is 4.05. The lowest BCUT2D eigenvalue weighted by molar-refractivity contribution is 0.448. The highest BCUT2D eigenvalue weighted by atomic mass is 32.2. The van der Waals surface area contributed by atoms with Crippen LogP contribution in [0.2, 0.25) is 0 Å². The fourth-order valence-corrected chi connectivity index (χ4v) is 1.47. The van der Waals surface area contributed by atoms with Crippen LogP contribution in [-0.2, 0) is 10.0 Å². The molecule has 1 rings (SSSR count). The Bertz CT molecular complexity index is 340. The zero-order valence-electron chi connectivity index (χ0n) is 7.71. The first-order valence-corrected chi connectivity index (χ1v) is 5.27. The third-order valence-electron chi connectivity index (χ3n) is 1.32. The standard InChI is InChI=1S/C7H9NO2S.BH3O2/c1-8-11(9,10)7-5-3-2-4-6-7;2-1-3/h2-6,8H,1H3;1-3H. The molecular weight excluding hydrogens is 205 g/mol. The van der Waals surface area contributed by atoms with Gasteiger partial charge in [0.1, 0.15) is 0 Å². The highest BCUT2D eigenvalue weighted by Crippen LogP contribution is 2.05. The SMILES string of the molecule is CNS(=O)(=O)c1ccccc1.OBO. The Balaban J connectivity index is 0.000000500. The van der Waals surface area contributed by atoms with Gasteiger partial charge >= 0.3 is 7.69 Å². The van der Waals surface area contributed by atoms with Gasteiger partial charge in [0.05, 0.1) is 4.90 Å². The predicted molar refractivity (Wildman–Crippen MR) is 54.3 cm³/mol. The summed E-state index contributed by atoms with van der Waals surface area (Å²) in [5.41, 5.74) is 0. The molecule has 3 N–H and O–H groups in total. The summed E-state index contributed by atoms with van der Waals surface area (Å²) in [5, 5.41) is 14.2. The molecule has 0 fully saturated rings. The second-order valence-electron chi connectivity index (χ2n) is 2.16. The average molecular weight is 217 g/mol. The number of hydrogen-bond donors (Lipinski definition) is 3. The van der Waals surface area contributed by atoms with Crippen molar-refractivity contribution in [2.75, 3.05) is 7.05 Å². The van der Waals surface area contributed by atoms with E-state index >= 15 is 0 Å². The molecule has 14 heavy (non-hydrogen) atoms. The zero-order chi connectivity index (χ0) is 11.0. The average Bonchev–Trinajstić information content (AvgIpc) is 2.20. The Morgan fingerprint density at radius 3 is 2.00 bits per heavy atom. The van der Waals surface area contributed by atoms with Gasteiger partial charge in [-0.15, -0.1) is 0 Å². The molecule has 78 valence electrons. The van der Waals surface area contributed by atoms with Crippen molar-refractivity contribution in [2.45, 2.75) is 4.90 Å². The second kappa shape index (κ2) is 6.55. The maximum atomic E-state index is 11.1. The molecule has 0 heterocycles. The Morgan fingerprint density at radius 2 is 1.64 bits per heavy atom. The summed E-state index contributed by atoms with van der Waals surface area (Å²) in [7, 11) is -2.61. The minimum Gasteiger partial charge on any atom is -0.430 e. The van der Waals surface area contributed by atoms with Gasteiger partial charge in [-0.3, -0.25) is 0 Å². The molecule has 7 heteroatoms. The van der Waals surface area contributed by atoms with E-state index in [0.29, 0.717) is 4.90 Å². The summed E-state index contributed by atoms with van der Waals surface area (Å²) >= 11 is 0.